The maximum atomic E-state index is 9.72. The van der Waals surface area contributed by atoms with Gasteiger partial charge in [-0.25, -0.2) is 0 Å². The zero-order chi connectivity index (χ0) is 13.8. The standard InChI is InChI=1S/C18H21NO.ClH/c20-17-11-13-19(14-12-17)18(15-7-3-1-4-8-15)16-9-5-2-6-10-16;/h1-10,17-18,20H,11-14H2;1H. The molecule has 0 aliphatic carbocycles. The molecular formula is C18H22ClNO. The van der Waals surface area contributed by atoms with Crippen LogP contribution >= 0.6 is 12.4 Å². The van der Waals surface area contributed by atoms with E-state index in [4.69, 9.17) is 0 Å². The molecule has 3 rings (SSSR count). The topological polar surface area (TPSA) is 23.5 Å². The maximum Gasteiger partial charge on any atom is 0.0601 e. The van der Waals surface area contributed by atoms with E-state index in [1.807, 2.05) is 0 Å². The number of piperidine rings is 1. The van der Waals surface area contributed by atoms with Crippen LogP contribution in [0.15, 0.2) is 60.7 Å². The molecule has 0 aromatic heterocycles. The smallest absolute Gasteiger partial charge is 0.0601 e. The Bertz CT molecular complexity index is 484. The van der Waals surface area contributed by atoms with Gasteiger partial charge in [-0.3, -0.25) is 4.90 Å². The van der Waals surface area contributed by atoms with E-state index in [0.29, 0.717) is 6.04 Å². The quantitative estimate of drug-likeness (QED) is 0.935. The number of hydrogen-bond acceptors (Lipinski definition) is 2. The van der Waals surface area contributed by atoms with E-state index in [-0.39, 0.29) is 18.5 Å². The molecule has 0 spiro atoms. The van der Waals surface area contributed by atoms with Crippen molar-refractivity contribution in [3.63, 3.8) is 0 Å². The number of hydrogen-bond donors (Lipinski definition) is 1. The molecule has 0 saturated carbocycles. The van der Waals surface area contributed by atoms with E-state index in [9.17, 15) is 5.11 Å². The molecule has 1 saturated heterocycles. The number of halogens is 1. The van der Waals surface area contributed by atoms with E-state index in [0.717, 1.165) is 25.9 Å². The van der Waals surface area contributed by atoms with Crippen molar-refractivity contribution in [2.75, 3.05) is 13.1 Å². The number of rotatable bonds is 3. The van der Waals surface area contributed by atoms with Gasteiger partial charge in [0.2, 0.25) is 0 Å². The van der Waals surface area contributed by atoms with Crippen LogP contribution in [0.25, 0.3) is 0 Å². The Morgan fingerprint density at radius 3 is 1.67 bits per heavy atom. The van der Waals surface area contributed by atoms with Crippen LogP contribution in [-0.4, -0.2) is 29.2 Å². The van der Waals surface area contributed by atoms with Gasteiger partial charge in [0.25, 0.3) is 0 Å². The highest BCUT2D eigenvalue weighted by molar-refractivity contribution is 5.85. The van der Waals surface area contributed by atoms with Crippen molar-refractivity contribution < 1.29 is 5.11 Å². The number of aliphatic hydroxyl groups excluding tert-OH is 1. The molecule has 1 heterocycles. The third-order valence-corrected chi connectivity index (χ3v) is 4.09. The average Bonchev–Trinajstić information content (AvgIpc) is 2.52. The van der Waals surface area contributed by atoms with Gasteiger partial charge in [-0.2, -0.15) is 0 Å². The number of aliphatic hydroxyl groups is 1. The van der Waals surface area contributed by atoms with Gasteiger partial charge in [0, 0.05) is 13.1 Å². The summed E-state index contributed by atoms with van der Waals surface area (Å²) in [5.41, 5.74) is 2.66. The van der Waals surface area contributed by atoms with Gasteiger partial charge < -0.3 is 5.11 Å². The second-order valence-corrected chi connectivity index (χ2v) is 5.49. The Hall–Kier alpha value is -1.35. The summed E-state index contributed by atoms with van der Waals surface area (Å²) in [7, 11) is 0. The Morgan fingerprint density at radius 1 is 0.810 bits per heavy atom. The molecule has 1 aliphatic rings. The van der Waals surface area contributed by atoms with Crippen molar-refractivity contribution in [1.29, 1.82) is 0 Å². The minimum Gasteiger partial charge on any atom is -0.393 e. The molecule has 0 unspecified atom stereocenters. The fourth-order valence-corrected chi connectivity index (χ4v) is 3.03. The van der Waals surface area contributed by atoms with Crippen LogP contribution in [0.5, 0.6) is 0 Å². The molecule has 1 N–H and O–H groups in total. The first-order valence-corrected chi connectivity index (χ1v) is 7.36. The summed E-state index contributed by atoms with van der Waals surface area (Å²) in [4.78, 5) is 2.48. The number of benzene rings is 2. The summed E-state index contributed by atoms with van der Waals surface area (Å²) in [5, 5.41) is 9.72. The molecule has 2 nitrogen and oxygen atoms in total. The Balaban J connectivity index is 0.00000161. The van der Waals surface area contributed by atoms with Gasteiger partial charge in [-0.05, 0) is 24.0 Å². The van der Waals surface area contributed by atoms with Crippen LogP contribution in [0.4, 0.5) is 0 Å². The number of nitrogens with zero attached hydrogens (tertiary/aromatic N) is 1. The van der Waals surface area contributed by atoms with Gasteiger partial charge >= 0.3 is 0 Å². The third kappa shape index (κ3) is 3.85. The van der Waals surface area contributed by atoms with Gasteiger partial charge in [0.05, 0.1) is 12.1 Å². The fourth-order valence-electron chi connectivity index (χ4n) is 3.03. The Morgan fingerprint density at radius 2 is 1.24 bits per heavy atom. The zero-order valence-corrected chi connectivity index (χ0v) is 12.9. The predicted molar refractivity (Wildman–Crippen MR) is 88.8 cm³/mol. The Kier molecular flexibility index (Phi) is 5.80. The van der Waals surface area contributed by atoms with Crippen molar-refractivity contribution >= 4 is 12.4 Å². The van der Waals surface area contributed by atoms with Crippen molar-refractivity contribution in [2.24, 2.45) is 0 Å². The largest absolute Gasteiger partial charge is 0.393 e. The highest BCUT2D eigenvalue weighted by Crippen LogP contribution is 2.30. The van der Waals surface area contributed by atoms with Crippen LogP contribution in [0, 0.1) is 0 Å². The van der Waals surface area contributed by atoms with Gasteiger partial charge in [0.1, 0.15) is 0 Å². The van der Waals surface area contributed by atoms with Crippen LogP contribution in [0.1, 0.15) is 30.0 Å². The van der Waals surface area contributed by atoms with E-state index in [1.54, 1.807) is 0 Å². The molecule has 0 radical (unpaired) electrons. The van der Waals surface area contributed by atoms with E-state index in [1.165, 1.54) is 11.1 Å². The lowest BCUT2D eigenvalue weighted by molar-refractivity contribution is 0.0688. The first-order valence-electron chi connectivity index (χ1n) is 7.36. The molecule has 1 aliphatic heterocycles. The molecule has 1 fully saturated rings. The number of likely N-dealkylation sites (tertiary alicyclic amines) is 1. The zero-order valence-electron chi connectivity index (χ0n) is 12.1. The highest BCUT2D eigenvalue weighted by atomic mass is 35.5. The summed E-state index contributed by atoms with van der Waals surface area (Å²) in [6.45, 7) is 1.91. The van der Waals surface area contributed by atoms with Crippen LogP contribution < -0.4 is 0 Å². The molecule has 0 atom stereocenters. The molecule has 2 aromatic carbocycles. The van der Waals surface area contributed by atoms with E-state index in [2.05, 4.69) is 65.6 Å². The molecule has 2 aromatic rings. The third-order valence-electron chi connectivity index (χ3n) is 4.09. The van der Waals surface area contributed by atoms with Crippen molar-refractivity contribution in [3.05, 3.63) is 71.8 Å². The summed E-state index contributed by atoms with van der Waals surface area (Å²) >= 11 is 0. The Labute approximate surface area is 132 Å². The molecular weight excluding hydrogens is 282 g/mol. The average molecular weight is 304 g/mol. The van der Waals surface area contributed by atoms with Gasteiger partial charge in [-0.15, -0.1) is 12.4 Å². The summed E-state index contributed by atoms with van der Waals surface area (Å²) in [5.74, 6) is 0. The summed E-state index contributed by atoms with van der Waals surface area (Å²) < 4.78 is 0. The SMILES string of the molecule is Cl.OC1CCN(C(c2ccccc2)c2ccccc2)CC1. The molecule has 112 valence electrons. The fraction of sp³-hybridized carbons (Fsp3) is 0.333. The summed E-state index contributed by atoms with van der Waals surface area (Å²) in [6, 6.07) is 21.6. The first kappa shape index (κ1) is 16.0. The summed E-state index contributed by atoms with van der Waals surface area (Å²) in [6.07, 6.45) is 1.62. The monoisotopic (exact) mass is 303 g/mol. The van der Waals surface area contributed by atoms with Crippen LogP contribution in [-0.2, 0) is 0 Å². The van der Waals surface area contributed by atoms with Gasteiger partial charge in [-0.1, -0.05) is 60.7 Å². The highest BCUT2D eigenvalue weighted by Gasteiger charge is 2.26. The van der Waals surface area contributed by atoms with Gasteiger partial charge in [0.15, 0.2) is 0 Å². The van der Waals surface area contributed by atoms with E-state index >= 15 is 0 Å². The predicted octanol–water partition coefficient (Wildman–Crippen LogP) is 3.65. The normalized spacial score (nSPS) is 16.7. The van der Waals surface area contributed by atoms with Crippen molar-refractivity contribution in [3.8, 4) is 0 Å². The lowest BCUT2D eigenvalue weighted by Gasteiger charge is -2.36. The second-order valence-electron chi connectivity index (χ2n) is 5.49. The molecule has 21 heavy (non-hydrogen) atoms. The maximum absolute atomic E-state index is 9.72. The first-order chi connectivity index (χ1) is 9.84. The second kappa shape index (κ2) is 7.60. The molecule has 3 heteroatoms. The van der Waals surface area contributed by atoms with E-state index < -0.39 is 0 Å². The molecule has 0 bridgehead atoms. The van der Waals surface area contributed by atoms with Crippen LogP contribution in [0.3, 0.4) is 0 Å². The molecule has 0 amide bonds. The minimum absolute atomic E-state index is 0. The van der Waals surface area contributed by atoms with Crippen molar-refractivity contribution in [1.82, 2.24) is 4.90 Å². The van der Waals surface area contributed by atoms with Crippen LogP contribution in [0.2, 0.25) is 0 Å². The minimum atomic E-state index is -0.126. The lowest BCUT2D eigenvalue weighted by atomic mass is 9.94. The van der Waals surface area contributed by atoms with Crippen molar-refractivity contribution in [2.45, 2.75) is 25.0 Å². The lowest BCUT2D eigenvalue weighted by Crippen LogP contribution is -2.38.